The first-order valence-electron chi connectivity index (χ1n) is 7.43. The second-order valence-corrected chi connectivity index (χ2v) is 5.92. The lowest BCUT2D eigenvalue weighted by atomic mass is 9.89. The van der Waals surface area contributed by atoms with Crippen LogP contribution >= 0.6 is 0 Å². The molecular weight excluding hydrogens is 224 g/mol. The minimum absolute atomic E-state index is 0.613. The molecule has 2 aliphatic rings. The number of aromatic nitrogens is 3. The van der Waals surface area contributed by atoms with Crippen LogP contribution in [0.2, 0.25) is 0 Å². The molecule has 4 nitrogen and oxygen atoms in total. The zero-order chi connectivity index (χ0) is 12.4. The number of aryl methyl sites for hydroxylation is 1. The molecule has 2 aliphatic carbocycles. The van der Waals surface area contributed by atoms with Gasteiger partial charge >= 0.3 is 0 Å². The normalized spacial score (nSPS) is 21.4. The van der Waals surface area contributed by atoms with E-state index in [0.717, 1.165) is 30.7 Å². The predicted octanol–water partition coefficient (Wildman–Crippen LogP) is 2.36. The molecule has 1 N–H and O–H groups in total. The molecule has 4 heteroatoms. The molecule has 2 fully saturated rings. The Morgan fingerprint density at radius 2 is 1.94 bits per heavy atom. The van der Waals surface area contributed by atoms with E-state index in [9.17, 15) is 0 Å². The van der Waals surface area contributed by atoms with Gasteiger partial charge in [0.15, 0.2) is 5.82 Å². The average Bonchev–Trinajstić information content (AvgIpc) is 3.14. The largest absolute Gasteiger partial charge is 0.310 e. The number of hydrogen-bond donors (Lipinski definition) is 1. The molecular formula is C14H24N4. The summed E-state index contributed by atoms with van der Waals surface area (Å²) in [5.41, 5.74) is 0. The molecule has 0 saturated heterocycles. The van der Waals surface area contributed by atoms with Crippen molar-refractivity contribution in [2.45, 2.75) is 57.4 Å². The maximum Gasteiger partial charge on any atom is 0.154 e. The third-order valence-corrected chi connectivity index (χ3v) is 4.25. The van der Waals surface area contributed by atoms with Gasteiger partial charge in [0.2, 0.25) is 0 Å². The minimum Gasteiger partial charge on any atom is -0.310 e. The van der Waals surface area contributed by atoms with Crippen LogP contribution in [0.3, 0.4) is 0 Å². The summed E-state index contributed by atoms with van der Waals surface area (Å²) in [6, 6.07) is 0. The van der Waals surface area contributed by atoms with Crippen molar-refractivity contribution in [1.29, 1.82) is 0 Å². The van der Waals surface area contributed by atoms with Crippen molar-refractivity contribution in [3.05, 3.63) is 11.6 Å². The van der Waals surface area contributed by atoms with Crippen LogP contribution in [-0.2, 0) is 13.6 Å². The zero-order valence-corrected chi connectivity index (χ0v) is 11.4. The lowest BCUT2D eigenvalue weighted by Gasteiger charge is -2.18. The second kappa shape index (κ2) is 5.39. The summed E-state index contributed by atoms with van der Waals surface area (Å²) in [6.45, 7) is 2.01. The fourth-order valence-corrected chi connectivity index (χ4v) is 2.84. The molecule has 0 atom stereocenters. The van der Waals surface area contributed by atoms with E-state index in [1.54, 1.807) is 0 Å². The fourth-order valence-electron chi connectivity index (χ4n) is 2.84. The van der Waals surface area contributed by atoms with E-state index in [0.29, 0.717) is 5.92 Å². The van der Waals surface area contributed by atoms with Crippen LogP contribution < -0.4 is 5.32 Å². The van der Waals surface area contributed by atoms with Crippen LogP contribution in [0, 0.1) is 5.92 Å². The first-order chi connectivity index (χ1) is 8.83. The van der Waals surface area contributed by atoms with Gasteiger partial charge in [-0.3, -0.25) is 4.68 Å². The van der Waals surface area contributed by atoms with Crippen LogP contribution in [0.25, 0.3) is 0 Å². The Morgan fingerprint density at radius 3 is 2.67 bits per heavy atom. The highest BCUT2D eigenvalue weighted by Crippen LogP contribution is 2.30. The van der Waals surface area contributed by atoms with Gasteiger partial charge in [-0.25, -0.2) is 4.98 Å². The Labute approximate surface area is 109 Å². The first kappa shape index (κ1) is 12.2. The summed E-state index contributed by atoms with van der Waals surface area (Å²) in [4.78, 5) is 4.74. The molecule has 0 radical (unpaired) electrons. The Balaban J connectivity index is 1.57. The highest BCUT2D eigenvalue weighted by atomic mass is 15.3. The van der Waals surface area contributed by atoms with Crippen molar-refractivity contribution in [3.8, 4) is 0 Å². The molecule has 1 heterocycles. The third kappa shape index (κ3) is 2.91. The SMILES string of the molecule is Cn1nc(C2CCCCC2)nc1CNCC1CC1. The van der Waals surface area contributed by atoms with Crippen molar-refractivity contribution in [3.63, 3.8) is 0 Å². The van der Waals surface area contributed by atoms with Crippen LogP contribution in [-0.4, -0.2) is 21.3 Å². The molecule has 0 aliphatic heterocycles. The van der Waals surface area contributed by atoms with Crippen molar-refractivity contribution in [1.82, 2.24) is 20.1 Å². The van der Waals surface area contributed by atoms with Crippen molar-refractivity contribution >= 4 is 0 Å². The summed E-state index contributed by atoms with van der Waals surface area (Å²) in [7, 11) is 2.02. The molecule has 0 amide bonds. The molecule has 2 saturated carbocycles. The first-order valence-corrected chi connectivity index (χ1v) is 7.43. The van der Waals surface area contributed by atoms with E-state index in [4.69, 9.17) is 4.98 Å². The molecule has 0 spiro atoms. The van der Waals surface area contributed by atoms with Crippen LogP contribution in [0.4, 0.5) is 0 Å². The van der Waals surface area contributed by atoms with E-state index >= 15 is 0 Å². The van der Waals surface area contributed by atoms with Gasteiger partial charge in [0.05, 0.1) is 6.54 Å². The molecule has 3 rings (SSSR count). The van der Waals surface area contributed by atoms with Crippen molar-refractivity contribution < 1.29 is 0 Å². The van der Waals surface area contributed by atoms with Crippen LogP contribution in [0.5, 0.6) is 0 Å². The van der Waals surface area contributed by atoms with Gasteiger partial charge < -0.3 is 5.32 Å². The minimum atomic E-state index is 0.613. The number of nitrogens with one attached hydrogen (secondary N) is 1. The average molecular weight is 248 g/mol. The highest BCUT2D eigenvalue weighted by molar-refractivity contribution is 5.00. The van der Waals surface area contributed by atoms with Gasteiger partial charge in [0.25, 0.3) is 0 Å². The molecule has 0 unspecified atom stereocenters. The van der Waals surface area contributed by atoms with E-state index in [-0.39, 0.29) is 0 Å². The van der Waals surface area contributed by atoms with E-state index < -0.39 is 0 Å². The molecule has 0 aromatic carbocycles. The lowest BCUT2D eigenvalue weighted by molar-refractivity contribution is 0.427. The molecule has 1 aromatic heterocycles. The van der Waals surface area contributed by atoms with Gasteiger partial charge in [0.1, 0.15) is 5.82 Å². The Hall–Kier alpha value is -0.900. The van der Waals surface area contributed by atoms with E-state index in [1.165, 1.54) is 44.9 Å². The summed E-state index contributed by atoms with van der Waals surface area (Å²) in [6.07, 6.45) is 9.44. The summed E-state index contributed by atoms with van der Waals surface area (Å²) < 4.78 is 1.96. The van der Waals surface area contributed by atoms with Gasteiger partial charge in [-0.1, -0.05) is 19.3 Å². The Bertz CT molecular complexity index is 388. The number of hydrogen-bond acceptors (Lipinski definition) is 3. The number of rotatable bonds is 5. The number of nitrogens with zero attached hydrogens (tertiary/aromatic N) is 3. The summed E-state index contributed by atoms with van der Waals surface area (Å²) in [5, 5.41) is 8.11. The monoisotopic (exact) mass is 248 g/mol. The quantitative estimate of drug-likeness (QED) is 0.870. The Morgan fingerprint density at radius 1 is 1.17 bits per heavy atom. The topological polar surface area (TPSA) is 42.7 Å². The van der Waals surface area contributed by atoms with Gasteiger partial charge in [-0.2, -0.15) is 5.10 Å². The predicted molar refractivity (Wildman–Crippen MR) is 71.3 cm³/mol. The van der Waals surface area contributed by atoms with Crippen LogP contribution in [0.15, 0.2) is 0 Å². The molecule has 18 heavy (non-hydrogen) atoms. The maximum absolute atomic E-state index is 4.74. The summed E-state index contributed by atoms with van der Waals surface area (Å²) >= 11 is 0. The standard InChI is InChI=1S/C14H24N4/c1-18-13(10-15-9-11-7-8-11)16-14(17-18)12-5-3-2-4-6-12/h11-12,15H,2-10H2,1H3. The molecule has 100 valence electrons. The second-order valence-electron chi connectivity index (χ2n) is 5.92. The smallest absolute Gasteiger partial charge is 0.154 e. The highest BCUT2D eigenvalue weighted by Gasteiger charge is 2.22. The van der Waals surface area contributed by atoms with E-state index in [2.05, 4.69) is 10.4 Å². The van der Waals surface area contributed by atoms with Crippen molar-refractivity contribution in [2.24, 2.45) is 13.0 Å². The van der Waals surface area contributed by atoms with Gasteiger partial charge in [-0.05, 0) is 38.1 Å². The van der Waals surface area contributed by atoms with E-state index in [1.807, 2.05) is 11.7 Å². The van der Waals surface area contributed by atoms with Crippen molar-refractivity contribution in [2.75, 3.05) is 6.54 Å². The maximum atomic E-state index is 4.74. The lowest BCUT2D eigenvalue weighted by Crippen LogP contribution is -2.18. The third-order valence-electron chi connectivity index (χ3n) is 4.25. The molecule has 1 aromatic rings. The van der Waals surface area contributed by atoms with Crippen LogP contribution in [0.1, 0.15) is 62.5 Å². The summed E-state index contributed by atoms with van der Waals surface area (Å²) in [5.74, 6) is 3.72. The van der Waals surface area contributed by atoms with Gasteiger partial charge in [-0.15, -0.1) is 0 Å². The van der Waals surface area contributed by atoms with Gasteiger partial charge in [0, 0.05) is 13.0 Å². The Kier molecular flexibility index (Phi) is 3.64. The fraction of sp³-hybridized carbons (Fsp3) is 0.857. The molecule has 0 bridgehead atoms. The zero-order valence-electron chi connectivity index (χ0n) is 11.4.